The number of nitrogens with zero attached hydrogens (tertiary/aromatic N) is 1. The summed E-state index contributed by atoms with van der Waals surface area (Å²) in [4.78, 5) is 15.4. The normalized spacial score (nSPS) is 16.2. The highest BCUT2D eigenvalue weighted by Gasteiger charge is 2.16. The van der Waals surface area contributed by atoms with E-state index in [0.717, 1.165) is 15.3 Å². The molecule has 2 aromatic rings. The van der Waals surface area contributed by atoms with Crippen LogP contribution in [0.15, 0.2) is 18.2 Å². The zero-order chi connectivity index (χ0) is 12.5. The molecule has 5 heteroatoms. The zero-order valence-electron chi connectivity index (χ0n) is 9.85. The number of carbonyl (C=O) groups is 1. The van der Waals surface area contributed by atoms with Gasteiger partial charge in [-0.25, -0.2) is 9.78 Å². The Balaban J connectivity index is 1.87. The van der Waals surface area contributed by atoms with Crippen LogP contribution in [0.5, 0.6) is 0 Å². The summed E-state index contributed by atoms with van der Waals surface area (Å²) in [6, 6.07) is 5.60. The van der Waals surface area contributed by atoms with Crippen molar-refractivity contribution in [1.29, 1.82) is 0 Å². The quantitative estimate of drug-likeness (QED) is 0.890. The standard InChI is InChI=1S/C13H14N2O2S/c16-12(17)8-5-6-10-11(7-8)18-13(15-10)14-9-3-1-2-4-9/h5-7,9H,1-4H2,(H,14,15)(H,16,17). The number of rotatable bonds is 3. The number of fused-ring (bicyclic) bond motifs is 1. The van der Waals surface area contributed by atoms with Crippen molar-refractivity contribution in [1.82, 2.24) is 4.98 Å². The van der Waals surface area contributed by atoms with Gasteiger partial charge >= 0.3 is 5.97 Å². The Hall–Kier alpha value is -1.62. The monoisotopic (exact) mass is 262 g/mol. The molecule has 4 nitrogen and oxygen atoms in total. The molecule has 1 aromatic heterocycles. The number of hydrogen-bond donors (Lipinski definition) is 2. The van der Waals surface area contributed by atoms with Crippen molar-refractivity contribution in [2.75, 3.05) is 5.32 Å². The van der Waals surface area contributed by atoms with Crippen molar-refractivity contribution >= 4 is 32.7 Å². The molecule has 0 amide bonds. The molecule has 1 fully saturated rings. The predicted octanol–water partition coefficient (Wildman–Crippen LogP) is 3.35. The van der Waals surface area contributed by atoms with Gasteiger partial charge in [-0.1, -0.05) is 24.2 Å². The molecule has 18 heavy (non-hydrogen) atoms. The Morgan fingerprint density at radius 1 is 1.39 bits per heavy atom. The second-order valence-electron chi connectivity index (χ2n) is 4.63. The van der Waals surface area contributed by atoms with Crippen LogP contribution in [-0.2, 0) is 0 Å². The van der Waals surface area contributed by atoms with E-state index in [1.54, 1.807) is 18.2 Å². The number of thiazole rings is 1. The third-order valence-corrected chi connectivity index (χ3v) is 4.27. The summed E-state index contributed by atoms with van der Waals surface area (Å²) in [5.41, 5.74) is 1.18. The first-order valence-corrected chi connectivity index (χ1v) is 6.94. The third-order valence-electron chi connectivity index (χ3n) is 3.32. The molecule has 0 atom stereocenters. The zero-order valence-corrected chi connectivity index (χ0v) is 10.7. The van der Waals surface area contributed by atoms with E-state index in [-0.39, 0.29) is 0 Å². The van der Waals surface area contributed by atoms with Crippen molar-refractivity contribution in [2.45, 2.75) is 31.7 Å². The van der Waals surface area contributed by atoms with E-state index in [4.69, 9.17) is 5.11 Å². The number of nitrogens with one attached hydrogen (secondary N) is 1. The summed E-state index contributed by atoms with van der Waals surface area (Å²) in [6.07, 6.45) is 4.98. The molecule has 0 saturated heterocycles. The van der Waals surface area contributed by atoms with Crippen LogP contribution in [0, 0.1) is 0 Å². The molecule has 0 aliphatic heterocycles. The number of carboxylic acid groups (broad SMARTS) is 1. The summed E-state index contributed by atoms with van der Waals surface area (Å²) in [5.74, 6) is -0.893. The van der Waals surface area contributed by atoms with Crippen LogP contribution in [0.25, 0.3) is 10.2 Å². The molecule has 1 aromatic carbocycles. The van der Waals surface area contributed by atoms with E-state index < -0.39 is 5.97 Å². The van der Waals surface area contributed by atoms with Crippen molar-refractivity contribution in [3.63, 3.8) is 0 Å². The van der Waals surface area contributed by atoms with Gasteiger partial charge in [0.05, 0.1) is 15.8 Å². The second kappa shape index (κ2) is 4.57. The highest BCUT2D eigenvalue weighted by atomic mass is 32.1. The van der Waals surface area contributed by atoms with Gasteiger partial charge in [-0.2, -0.15) is 0 Å². The first-order valence-electron chi connectivity index (χ1n) is 6.13. The minimum atomic E-state index is -0.893. The van der Waals surface area contributed by atoms with Gasteiger partial charge in [0, 0.05) is 6.04 Å². The van der Waals surface area contributed by atoms with Gasteiger partial charge in [-0.15, -0.1) is 0 Å². The van der Waals surface area contributed by atoms with Gasteiger partial charge in [0.15, 0.2) is 5.13 Å². The average Bonchev–Trinajstić information content (AvgIpc) is 2.96. The van der Waals surface area contributed by atoms with Crippen LogP contribution in [0.3, 0.4) is 0 Å². The van der Waals surface area contributed by atoms with E-state index in [0.29, 0.717) is 11.6 Å². The lowest BCUT2D eigenvalue weighted by Crippen LogP contribution is -2.13. The van der Waals surface area contributed by atoms with Crippen molar-refractivity contribution < 1.29 is 9.90 Å². The smallest absolute Gasteiger partial charge is 0.335 e. The summed E-state index contributed by atoms with van der Waals surface area (Å²) >= 11 is 1.53. The Morgan fingerprint density at radius 3 is 2.89 bits per heavy atom. The van der Waals surface area contributed by atoms with Crippen molar-refractivity contribution in [2.24, 2.45) is 0 Å². The lowest BCUT2D eigenvalue weighted by Gasteiger charge is -2.09. The van der Waals surface area contributed by atoms with Crippen molar-refractivity contribution in [3.8, 4) is 0 Å². The highest BCUT2D eigenvalue weighted by Crippen LogP contribution is 2.29. The van der Waals surface area contributed by atoms with Gasteiger partial charge in [0.1, 0.15) is 0 Å². The van der Waals surface area contributed by atoms with E-state index in [1.165, 1.54) is 37.0 Å². The maximum Gasteiger partial charge on any atom is 0.335 e. The van der Waals surface area contributed by atoms with Crippen LogP contribution < -0.4 is 5.32 Å². The highest BCUT2D eigenvalue weighted by molar-refractivity contribution is 7.22. The molecule has 1 heterocycles. The number of aromatic nitrogens is 1. The molecule has 0 bridgehead atoms. The molecule has 1 aliphatic carbocycles. The lowest BCUT2D eigenvalue weighted by molar-refractivity contribution is 0.0697. The average molecular weight is 262 g/mol. The maximum absolute atomic E-state index is 10.9. The number of aromatic carboxylic acids is 1. The molecule has 1 saturated carbocycles. The lowest BCUT2D eigenvalue weighted by atomic mass is 10.2. The van der Waals surface area contributed by atoms with E-state index in [2.05, 4.69) is 10.3 Å². The number of benzene rings is 1. The molecule has 94 valence electrons. The summed E-state index contributed by atoms with van der Waals surface area (Å²) in [5, 5.41) is 13.3. The van der Waals surface area contributed by atoms with E-state index in [1.807, 2.05) is 0 Å². The molecule has 0 unspecified atom stereocenters. The van der Waals surface area contributed by atoms with E-state index in [9.17, 15) is 4.79 Å². The van der Waals surface area contributed by atoms with Crippen molar-refractivity contribution in [3.05, 3.63) is 23.8 Å². The van der Waals surface area contributed by atoms with Gasteiger partial charge in [-0.05, 0) is 31.0 Å². The Kier molecular flexibility index (Phi) is 2.91. The maximum atomic E-state index is 10.9. The summed E-state index contributed by atoms with van der Waals surface area (Å²) in [6.45, 7) is 0. The first kappa shape index (κ1) is 11.5. The molecule has 1 aliphatic rings. The van der Waals surface area contributed by atoms with Crippen LogP contribution in [0.2, 0.25) is 0 Å². The minimum Gasteiger partial charge on any atom is -0.478 e. The summed E-state index contributed by atoms with van der Waals surface area (Å²) < 4.78 is 0.926. The first-order chi connectivity index (χ1) is 8.72. The second-order valence-corrected chi connectivity index (χ2v) is 5.66. The van der Waals surface area contributed by atoms with Crippen LogP contribution in [0.1, 0.15) is 36.0 Å². The Bertz CT molecular complexity index is 588. The predicted molar refractivity (Wildman–Crippen MR) is 72.5 cm³/mol. The molecule has 0 radical (unpaired) electrons. The molecular weight excluding hydrogens is 248 g/mol. The Labute approximate surface area is 109 Å². The van der Waals surface area contributed by atoms with Gasteiger partial charge in [-0.3, -0.25) is 0 Å². The topological polar surface area (TPSA) is 62.2 Å². The minimum absolute atomic E-state index is 0.318. The fourth-order valence-corrected chi connectivity index (χ4v) is 3.35. The van der Waals surface area contributed by atoms with Crippen LogP contribution in [-0.4, -0.2) is 22.1 Å². The fourth-order valence-electron chi connectivity index (χ4n) is 2.36. The molecule has 0 spiro atoms. The number of anilines is 1. The molecular formula is C13H14N2O2S. The SMILES string of the molecule is O=C(O)c1ccc2nc(NC3CCCC3)sc2c1. The number of carboxylic acids is 1. The van der Waals surface area contributed by atoms with Gasteiger partial charge in [0.25, 0.3) is 0 Å². The fraction of sp³-hybridized carbons (Fsp3) is 0.385. The van der Waals surface area contributed by atoms with Gasteiger partial charge in [0.2, 0.25) is 0 Å². The van der Waals surface area contributed by atoms with E-state index >= 15 is 0 Å². The van der Waals surface area contributed by atoms with Gasteiger partial charge < -0.3 is 10.4 Å². The number of hydrogen-bond acceptors (Lipinski definition) is 4. The molecule has 2 N–H and O–H groups in total. The van der Waals surface area contributed by atoms with Crippen LogP contribution in [0.4, 0.5) is 5.13 Å². The van der Waals surface area contributed by atoms with Crippen LogP contribution >= 0.6 is 11.3 Å². The third kappa shape index (κ3) is 2.18. The Morgan fingerprint density at radius 2 is 2.17 bits per heavy atom. The largest absolute Gasteiger partial charge is 0.478 e. The summed E-state index contributed by atoms with van der Waals surface area (Å²) in [7, 11) is 0. The molecule has 3 rings (SSSR count).